The van der Waals surface area contributed by atoms with Crippen molar-refractivity contribution in [2.24, 2.45) is 0 Å². The van der Waals surface area contributed by atoms with Gasteiger partial charge in [-0.1, -0.05) is 207 Å². The molecular weight excluding hydrogens is 1650 g/mol. The number of carbonyl (C=O) groups excluding carboxylic acids is 1. The number of nitrogens with two attached hydrogens (primary N) is 4. The van der Waals surface area contributed by atoms with Crippen LogP contribution in [0.15, 0.2) is 319 Å². The summed E-state index contributed by atoms with van der Waals surface area (Å²) in [4.78, 5) is 104. The molecule has 12 aromatic carbocycles. The van der Waals surface area contributed by atoms with Crippen molar-refractivity contribution in [2.75, 3.05) is 28.3 Å². The van der Waals surface area contributed by atoms with Crippen LogP contribution >= 0.6 is 0 Å². The SMILES string of the molecule is CCc1nc2cccc(C)c2c(=O)n1-c1ccccc1OCc1ccccc1.Cc1cccc(N)c1C(=O)Nc1ccccc1OCc1ccccc1.Cc1cccc(N)c1C(=O)O.Cc1cccc2nc(Cn3cnc4c(N)ncnc43)n(-c3ccccc3O)c(=O)c12.Cc1cccc2nc(Cn3cnc4c(N)ncnc43)n(-c3ccccc3OCc3ccccc3)c(=O)c12. The number of phenolic OH excluding ortho intramolecular Hbond substituents is 1. The molecule has 19 rings (SSSR count). The van der Waals surface area contributed by atoms with E-state index in [1.807, 2.05) is 259 Å². The lowest BCUT2D eigenvalue weighted by atomic mass is 10.1. The molecule has 654 valence electrons. The Balaban J connectivity index is 0.000000130. The Bertz CT molecular complexity index is 7570. The summed E-state index contributed by atoms with van der Waals surface area (Å²) < 4.78 is 26.5. The summed E-state index contributed by atoms with van der Waals surface area (Å²) in [6, 6.07) is 86.4. The third kappa shape index (κ3) is 19.8. The Morgan fingerprint density at radius 2 is 0.725 bits per heavy atom. The van der Waals surface area contributed by atoms with Gasteiger partial charge in [0.1, 0.15) is 84.0 Å². The van der Waals surface area contributed by atoms with Gasteiger partial charge in [0.2, 0.25) is 0 Å². The van der Waals surface area contributed by atoms with Gasteiger partial charge in [0.05, 0.1) is 92.3 Å². The van der Waals surface area contributed by atoms with Crippen molar-refractivity contribution >= 4 is 95.6 Å². The molecule has 29 heteroatoms. The van der Waals surface area contributed by atoms with Crippen LogP contribution in [0, 0.1) is 34.6 Å². The molecule has 0 atom stereocenters. The van der Waals surface area contributed by atoms with Gasteiger partial charge in [-0.05, 0) is 158 Å². The van der Waals surface area contributed by atoms with Crippen LogP contribution in [0.3, 0.4) is 0 Å². The summed E-state index contributed by atoms with van der Waals surface area (Å²) in [5.74, 6) is 2.85. The molecule has 7 aromatic heterocycles. The number of fused-ring (bicyclic) bond motifs is 5. The molecule has 11 N–H and O–H groups in total. The standard InChI is InChI=1S/C28H23N7O2.C24H22N2O2.C21H17N7O2.C21H20N2O2.C8H9NO2/c1-18-8-7-11-20-24(18)28(36)35(21-12-5-6-13-22(21)37-15-19-9-3-2-4-10-19)23(33-20)14-34-17-32-25-26(29)30-16-31-27(25)34;1-3-22-25-19-13-9-10-17(2)23(19)24(27)26(22)20-14-7-8-15-21(20)28-16-18-11-5-4-6-12-18;1-12-5-4-6-13-17(12)21(30)28(14-7-2-3-8-15(14)29)16(26-13)9-27-11-25-18-19(22)23-10-24-20(18)27;1-15-8-7-11-17(22)20(15)21(24)23-18-12-5-6-13-19(18)25-14-16-9-3-2-4-10-16;1-5-3-2-4-6(9)7(5)8(10)11/h2-13,16-17H,14-15H2,1H3,(H2,29,30,31);4-15H,3,16H2,1-2H3;2-8,10-11,29H,9H2,1H3,(H2,22,23,24);2-13H,14,22H2,1H3,(H,23,24);2-4H,9H2,1H3,(H,10,11). The molecule has 131 heavy (non-hydrogen) atoms. The highest BCUT2D eigenvalue weighted by molar-refractivity contribution is 6.09. The first-order valence-electron chi connectivity index (χ1n) is 41.8. The second kappa shape index (κ2) is 40.2. The van der Waals surface area contributed by atoms with Crippen LogP contribution in [-0.4, -0.2) is 89.8 Å². The number of nitrogen functional groups attached to an aromatic ring is 4. The van der Waals surface area contributed by atoms with Gasteiger partial charge in [0, 0.05) is 17.8 Å². The normalized spacial score (nSPS) is 10.9. The Morgan fingerprint density at radius 1 is 0.374 bits per heavy atom. The minimum atomic E-state index is -0.972. The van der Waals surface area contributed by atoms with Gasteiger partial charge in [-0.15, -0.1) is 0 Å². The van der Waals surface area contributed by atoms with Crippen LogP contribution in [0.1, 0.15) is 89.6 Å². The summed E-state index contributed by atoms with van der Waals surface area (Å²) in [7, 11) is 0. The average molecular weight is 1740 g/mol. The molecule has 0 radical (unpaired) electrons. The van der Waals surface area contributed by atoms with Gasteiger partial charge in [-0.3, -0.25) is 32.9 Å². The lowest BCUT2D eigenvalue weighted by Gasteiger charge is -2.18. The quantitative estimate of drug-likeness (QED) is 0.0348. The fourth-order valence-corrected chi connectivity index (χ4v) is 15.1. The topological polar surface area (TPSA) is 410 Å². The average Bonchev–Trinajstić information content (AvgIpc) is 1.66. The number of aromatic carboxylic acids is 1. The fourth-order valence-electron chi connectivity index (χ4n) is 15.1. The number of nitrogens with zero attached hydrogens (tertiary/aromatic N) is 14. The van der Waals surface area contributed by atoms with Crippen LogP contribution in [-0.2, 0) is 39.3 Å². The molecule has 0 bridgehead atoms. The van der Waals surface area contributed by atoms with Gasteiger partial charge >= 0.3 is 5.97 Å². The number of carboxylic acids is 1. The number of para-hydroxylation sites is 8. The third-order valence-corrected chi connectivity index (χ3v) is 21.6. The highest BCUT2D eigenvalue weighted by Gasteiger charge is 2.24. The largest absolute Gasteiger partial charge is 0.506 e. The van der Waals surface area contributed by atoms with Gasteiger partial charge in [0.25, 0.3) is 22.6 Å². The Hall–Kier alpha value is -17.5. The summed E-state index contributed by atoms with van der Waals surface area (Å²) in [6.45, 7) is 13.0. The smallest absolute Gasteiger partial charge is 0.338 e. The summed E-state index contributed by atoms with van der Waals surface area (Å²) in [6.07, 6.45) is 6.62. The van der Waals surface area contributed by atoms with E-state index in [0.717, 1.165) is 56.0 Å². The van der Waals surface area contributed by atoms with E-state index >= 15 is 0 Å². The first-order chi connectivity index (χ1) is 63.6. The van der Waals surface area contributed by atoms with E-state index < -0.39 is 5.97 Å². The number of imidazole rings is 2. The summed E-state index contributed by atoms with van der Waals surface area (Å²) >= 11 is 0. The first-order valence-corrected chi connectivity index (χ1v) is 41.8. The zero-order chi connectivity index (χ0) is 91.8. The zero-order valence-electron chi connectivity index (χ0n) is 72.3. The van der Waals surface area contributed by atoms with Gasteiger partial charge in [0.15, 0.2) is 22.9 Å². The van der Waals surface area contributed by atoms with Crippen molar-refractivity contribution in [3.8, 4) is 40.1 Å². The van der Waals surface area contributed by atoms with Crippen LogP contribution in [0.4, 0.5) is 28.7 Å². The Kier molecular flexibility index (Phi) is 27.1. The fraction of sp³-hybridized carbons (Fsp3) is 0.118. The lowest BCUT2D eigenvalue weighted by Crippen LogP contribution is -2.26. The lowest BCUT2D eigenvalue weighted by molar-refractivity contribution is 0.0697. The Labute approximate surface area is 750 Å². The second-order valence-electron chi connectivity index (χ2n) is 30.5. The number of carboxylic acid groups (broad SMARTS) is 1. The highest BCUT2D eigenvalue weighted by Crippen LogP contribution is 2.32. The number of nitrogens with one attached hydrogen (secondary N) is 1. The van der Waals surface area contributed by atoms with E-state index in [2.05, 4.69) is 35.2 Å². The number of rotatable bonds is 20. The van der Waals surface area contributed by atoms with Crippen molar-refractivity contribution < 1.29 is 34.0 Å². The molecule has 19 aromatic rings. The number of amides is 1. The van der Waals surface area contributed by atoms with E-state index in [4.69, 9.17) is 57.2 Å². The van der Waals surface area contributed by atoms with Crippen molar-refractivity contribution in [3.05, 3.63) is 409 Å². The molecule has 0 spiro atoms. The first kappa shape index (κ1) is 88.4. The predicted octanol–water partition coefficient (Wildman–Crippen LogP) is 16.7. The van der Waals surface area contributed by atoms with Crippen molar-refractivity contribution in [2.45, 2.75) is 80.9 Å². The zero-order valence-corrected chi connectivity index (χ0v) is 72.3. The van der Waals surface area contributed by atoms with Crippen LogP contribution in [0.25, 0.3) is 72.1 Å². The highest BCUT2D eigenvalue weighted by atomic mass is 16.5. The van der Waals surface area contributed by atoms with Gasteiger partial charge in [-0.25, -0.2) is 49.7 Å². The molecule has 7 heterocycles. The summed E-state index contributed by atoms with van der Waals surface area (Å²) in [5, 5.41) is 23.7. The van der Waals surface area contributed by atoms with Crippen LogP contribution in [0.5, 0.6) is 23.0 Å². The minimum absolute atomic E-state index is 0.0161. The van der Waals surface area contributed by atoms with Gasteiger partial charge < -0.3 is 61.8 Å². The van der Waals surface area contributed by atoms with E-state index in [1.54, 1.807) is 86.4 Å². The molecular formula is C102H91N19O10. The maximum Gasteiger partial charge on any atom is 0.338 e. The molecule has 29 nitrogen and oxygen atoms in total. The van der Waals surface area contributed by atoms with E-state index in [9.17, 15) is 29.1 Å². The number of phenols is 1. The van der Waals surface area contributed by atoms with E-state index in [0.29, 0.717) is 150 Å². The van der Waals surface area contributed by atoms with Crippen molar-refractivity contribution in [1.82, 2.24) is 67.7 Å². The molecule has 0 saturated heterocycles. The maximum atomic E-state index is 14.0. The number of hydrogen-bond donors (Lipinski definition) is 7. The number of benzene rings is 12. The molecule has 0 aliphatic rings. The second-order valence-corrected chi connectivity index (χ2v) is 30.5. The molecule has 0 saturated carbocycles. The number of aryl methyl sites for hydroxylation is 6. The number of carbonyl (C=O) groups is 2. The maximum absolute atomic E-state index is 14.0. The molecule has 0 fully saturated rings. The monoisotopic (exact) mass is 1740 g/mol. The predicted molar refractivity (Wildman–Crippen MR) is 510 cm³/mol. The van der Waals surface area contributed by atoms with Crippen molar-refractivity contribution in [1.29, 1.82) is 0 Å². The van der Waals surface area contributed by atoms with E-state index in [-0.39, 0.29) is 52.8 Å². The number of ether oxygens (including phenoxy) is 3. The summed E-state index contributed by atoms with van der Waals surface area (Å²) in [5.41, 5.74) is 37.8. The third-order valence-electron chi connectivity index (χ3n) is 21.6. The number of anilines is 5. The minimum Gasteiger partial charge on any atom is -0.506 e. The van der Waals surface area contributed by atoms with Crippen LogP contribution in [0.2, 0.25) is 0 Å². The number of hydrogen-bond acceptors (Lipinski definition) is 22. The number of aromatic nitrogens is 14. The Morgan fingerprint density at radius 3 is 1.14 bits per heavy atom. The molecule has 1 amide bonds. The number of aromatic hydroxyl groups is 1. The van der Waals surface area contributed by atoms with Crippen LogP contribution < -0.4 is 59.1 Å². The van der Waals surface area contributed by atoms with E-state index in [1.165, 1.54) is 23.3 Å². The van der Waals surface area contributed by atoms with Gasteiger partial charge in [-0.2, -0.15) is 0 Å². The molecule has 0 unspecified atom stereocenters. The molecule has 0 aliphatic heterocycles. The molecule has 0 aliphatic carbocycles. The van der Waals surface area contributed by atoms with Crippen molar-refractivity contribution in [3.63, 3.8) is 0 Å².